The molecule has 0 spiro atoms. The molecule has 20 heavy (non-hydrogen) atoms. The van der Waals surface area contributed by atoms with E-state index in [4.69, 9.17) is 22.9 Å². The Morgan fingerprint density at radius 2 is 0.650 bits per heavy atom. The Kier molecular flexibility index (Phi) is 143. The third-order valence-electron chi connectivity index (χ3n) is 1.28. The van der Waals surface area contributed by atoms with Gasteiger partial charge in [-0.15, -0.1) is 0 Å². The Hall–Kier alpha value is 2.35. The normalized spacial score (nSPS) is 6.60. The minimum Gasteiger partial charge on any atom is -2.00 e. The van der Waals surface area contributed by atoms with Gasteiger partial charge in [0.25, 0.3) is 0 Å². The molecule has 0 aliphatic rings. The summed E-state index contributed by atoms with van der Waals surface area (Å²) in [4.78, 5) is 0. The second-order valence-electron chi connectivity index (χ2n) is 2.65. The molecule has 0 saturated carbocycles. The van der Waals surface area contributed by atoms with Crippen LogP contribution in [0.3, 0.4) is 0 Å². The molecule has 0 saturated heterocycles. The van der Waals surface area contributed by atoms with Crippen LogP contribution < -0.4 is 33.6 Å². The molecular weight excluding hydrogens is 463 g/mol. The average Bonchev–Trinajstić information content (AvgIpc) is 2.21. The van der Waals surface area contributed by atoms with Crippen LogP contribution >= 0.6 is 0 Å². The van der Waals surface area contributed by atoms with E-state index in [1.807, 2.05) is 0 Å². The van der Waals surface area contributed by atoms with Crippen molar-refractivity contribution >= 4 is 54.0 Å². The Labute approximate surface area is 176 Å². The third kappa shape index (κ3) is 71.1. The molecule has 0 bridgehead atoms. The van der Waals surface area contributed by atoms with E-state index < -0.39 is 0 Å². The fourth-order valence-corrected chi connectivity index (χ4v) is 0.658. The number of nitrogens with two attached hydrogens (primary N) is 4. The molecule has 0 atom stereocenters. The quantitative estimate of drug-likeness (QED) is 0.159. The number of nitrogens with one attached hydrogen (secondary N) is 2. The van der Waals surface area contributed by atoms with Gasteiger partial charge in [0.1, 0.15) is 0 Å². The largest absolute Gasteiger partial charge is 3.00 e. The van der Waals surface area contributed by atoms with E-state index in [0.29, 0.717) is 26.2 Å². The summed E-state index contributed by atoms with van der Waals surface area (Å²) in [6, 6.07) is 0. The summed E-state index contributed by atoms with van der Waals surface area (Å²) in [5, 5.41) is 6.07. The topological polar surface area (TPSA) is 128 Å². The zero-order valence-corrected chi connectivity index (χ0v) is 17.7. The first kappa shape index (κ1) is 49.5. The summed E-state index contributed by atoms with van der Waals surface area (Å²) >= 11 is 0. The van der Waals surface area contributed by atoms with Crippen LogP contribution in [0.1, 0.15) is 0 Å². The summed E-state index contributed by atoms with van der Waals surface area (Å²) in [5.41, 5.74) is 20.7. The van der Waals surface area contributed by atoms with Gasteiger partial charge >= 0.3 is 16.8 Å². The first-order valence-corrected chi connectivity index (χ1v) is 5.05. The average molecular weight is 489 g/mol. The molecule has 0 amide bonds. The maximum Gasteiger partial charge on any atom is 3.00 e. The summed E-state index contributed by atoms with van der Waals surface area (Å²) in [6.45, 7) is 6.27. The Balaban J connectivity index is -0.0000000185. The third-order valence-corrected chi connectivity index (χ3v) is 1.28. The van der Waals surface area contributed by atoms with Gasteiger partial charge in [0.15, 0.2) is 0 Å². The molecular formula is C8H26CoMoN6S4-5. The zero-order chi connectivity index (χ0) is 11.1. The van der Waals surface area contributed by atoms with Gasteiger partial charge in [-0.3, -0.25) is 0 Å². The first-order chi connectivity index (χ1) is 6.83. The van der Waals surface area contributed by atoms with Gasteiger partial charge in [-0.1, -0.05) is 0 Å². The number of hydrogen-bond donors (Lipinski definition) is 6. The molecule has 0 heterocycles. The Bertz CT molecular complexity index is 87.4. The minimum absolute atomic E-state index is 0. The maximum atomic E-state index is 5.17. The molecule has 0 aromatic heterocycles. The summed E-state index contributed by atoms with van der Waals surface area (Å²) < 4.78 is 0. The molecule has 0 unspecified atom stereocenters. The minimum atomic E-state index is 0. The molecule has 6 nitrogen and oxygen atoms in total. The van der Waals surface area contributed by atoms with Gasteiger partial charge in [0.2, 0.25) is 0 Å². The molecule has 0 aliphatic carbocycles. The van der Waals surface area contributed by atoms with E-state index in [1.165, 1.54) is 0 Å². The predicted molar refractivity (Wildman–Crippen MR) is 91.4 cm³/mol. The van der Waals surface area contributed by atoms with Gasteiger partial charge in [-0.2, -0.15) is 0 Å². The van der Waals surface area contributed by atoms with Crippen molar-refractivity contribution in [1.29, 1.82) is 0 Å². The number of hydrogen-bond acceptors (Lipinski definition) is 6. The maximum absolute atomic E-state index is 5.17. The van der Waals surface area contributed by atoms with Crippen LogP contribution in [0, 0.1) is 0 Å². The van der Waals surface area contributed by atoms with Crippen LogP contribution in [0.4, 0.5) is 0 Å². The van der Waals surface area contributed by atoms with E-state index in [1.54, 1.807) is 0 Å². The van der Waals surface area contributed by atoms with E-state index in [0.717, 1.165) is 26.2 Å². The second kappa shape index (κ2) is 58.0. The molecule has 0 radical (unpaired) electrons. The van der Waals surface area contributed by atoms with Crippen LogP contribution in [0.25, 0.3) is 0 Å². The van der Waals surface area contributed by atoms with Gasteiger partial charge in [-0.05, 0) is 0 Å². The van der Waals surface area contributed by atoms with Crippen LogP contribution in [0.15, 0.2) is 0 Å². The van der Waals surface area contributed by atoms with Crippen LogP contribution in [-0.2, 0) is 91.8 Å². The molecule has 0 fully saturated rings. The Morgan fingerprint density at radius 1 is 0.500 bits per heavy atom. The zero-order valence-electron chi connectivity index (χ0n) is 11.3. The molecule has 0 aromatic rings. The first-order valence-electron chi connectivity index (χ1n) is 5.05. The van der Waals surface area contributed by atoms with Gasteiger partial charge < -0.3 is 87.6 Å². The van der Waals surface area contributed by atoms with Crippen molar-refractivity contribution in [3.8, 4) is 0 Å². The van der Waals surface area contributed by atoms with Crippen LogP contribution in [0.2, 0.25) is 0 Å². The monoisotopic (exact) mass is 491 g/mol. The van der Waals surface area contributed by atoms with E-state index in [-0.39, 0.29) is 91.8 Å². The molecule has 0 rings (SSSR count). The van der Waals surface area contributed by atoms with Crippen molar-refractivity contribution in [2.45, 2.75) is 0 Å². The number of rotatable bonds is 8. The molecule has 0 aromatic carbocycles. The fourth-order valence-electron chi connectivity index (χ4n) is 0.658. The van der Waals surface area contributed by atoms with Crippen molar-refractivity contribution in [2.75, 3.05) is 52.4 Å². The summed E-state index contributed by atoms with van der Waals surface area (Å²) in [7, 11) is 0. The molecule has 10 N–H and O–H groups in total. The van der Waals surface area contributed by atoms with Crippen molar-refractivity contribution in [1.82, 2.24) is 10.6 Å². The smallest absolute Gasteiger partial charge is 2.00 e. The standard InChI is InChI=1S/2C4H13N3.Co.Mo.4S/c2*5-1-3-7-4-2-6;;;;;;/h2*7H,1-6H2;;;;;;/q;;+3;;4*-2. The molecule has 12 heteroatoms. The van der Waals surface area contributed by atoms with Crippen LogP contribution in [-0.4, -0.2) is 52.4 Å². The van der Waals surface area contributed by atoms with Crippen molar-refractivity contribution in [3.05, 3.63) is 0 Å². The second-order valence-corrected chi connectivity index (χ2v) is 2.65. The van der Waals surface area contributed by atoms with Crippen molar-refractivity contribution in [2.24, 2.45) is 22.9 Å². The van der Waals surface area contributed by atoms with Gasteiger partial charge in [-0.25, -0.2) is 0 Å². The van der Waals surface area contributed by atoms with Crippen LogP contribution in [0.5, 0.6) is 0 Å². The predicted octanol–water partition coefficient (Wildman–Crippen LogP) is -3.03. The van der Waals surface area contributed by atoms with Crippen molar-refractivity contribution in [3.63, 3.8) is 0 Å². The summed E-state index contributed by atoms with van der Waals surface area (Å²) in [5.74, 6) is 0. The van der Waals surface area contributed by atoms with E-state index >= 15 is 0 Å². The van der Waals surface area contributed by atoms with Gasteiger partial charge in [0.05, 0.1) is 0 Å². The fraction of sp³-hybridized carbons (Fsp3) is 1.00. The Morgan fingerprint density at radius 3 is 0.750 bits per heavy atom. The molecule has 132 valence electrons. The molecule has 0 aliphatic heterocycles. The van der Waals surface area contributed by atoms with Crippen molar-refractivity contribution < 1.29 is 37.8 Å². The summed E-state index contributed by atoms with van der Waals surface area (Å²) in [6.07, 6.45) is 0. The van der Waals surface area contributed by atoms with E-state index in [2.05, 4.69) is 10.6 Å². The van der Waals surface area contributed by atoms with Gasteiger partial charge in [0, 0.05) is 73.4 Å². The SMILES string of the molecule is NCCNCCN.NCCNCCN.[Co+3].[Mo].[S-2].[S-2].[S-2].[S-2]. The van der Waals surface area contributed by atoms with E-state index in [9.17, 15) is 0 Å².